The second kappa shape index (κ2) is 11.0. The fraction of sp³-hybridized carbons (Fsp3) is 0.238. The van der Waals surface area contributed by atoms with Gasteiger partial charge in [0.2, 0.25) is 11.0 Å². The molecule has 4 rings (SSSR count). The van der Waals surface area contributed by atoms with Crippen LogP contribution in [0.15, 0.2) is 46.2 Å². The van der Waals surface area contributed by atoms with Gasteiger partial charge in [-0.15, -0.1) is 20.4 Å². The molecule has 0 spiro atoms. The zero-order valence-electron chi connectivity index (χ0n) is 19.0. The number of ether oxygens (including phenoxy) is 2. The minimum absolute atomic E-state index is 0.0435. The Morgan fingerprint density at radius 2 is 2.00 bits per heavy atom. The maximum atomic E-state index is 12.5. The highest BCUT2D eigenvalue weighted by atomic mass is 32.2. The van der Waals surface area contributed by atoms with Crippen LogP contribution < -0.4 is 20.1 Å². The topological polar surface area (TPSA) is 146 Å². The number of thioether (sulfide) groups is 1. The molecular weight excluding hydrogens is 494 g/mol. The number of carbonyl (C=O) groups excluding carboxylic acids is 2. The monoisotopic (exact) mass is 515 g/mol. The van der Waals surface area contributed by atoms with Crippen LogP contribution in [0.5, 0.6) is 11.5 Å². The van der Waals surface area contributed by atoms with Crippen LogP contribution in [0.2, 0.25) is 0 Å². The number of aromatic nitrogens is 5. The van der Waals surface area contributed by atoms with Gasteiger partial charge in [0, 0.05) is 6.07 Å². The average molecular weight is 516 g/mol. The third-order valence-corrected chi connectivity index (χ3v) is 6.27. The van der Waals surface area contributed by atoms with Crippen molar-refractivity contribution in [3.63, 3.8) is 0 Å². The molecule has 0 aliphatic heterocycles. The molecule has 4 aromatic rings. The van der Waals surface area contributed by atoms with E-state index < -0.39 is 5.91 Å². The van der Waals surface area contributed by atoms with Crippen LogP contribution in [0.4, 0.5) is 5.13 Å². The number of hydrogen-bond acceptors (Lipinski definition) is 11. The SMILES string of the molecule is COc1ccc(OC)c(-n2c(CNC(=O)c3ccco3)nnc2SCC(=O)Nc2nnc(C)s2)c1. The molecule has 0 radical (unpaired) electrons. The molecule has 0 unspecified atom stereocenters. The van der Waals surface area contributed by atoms with E-state index in [9.17, 15) is 9.59 Å². The Bertz CT molecular complexity index is 1320. The van der Waals surface area contributed by atoms with Gasteiger partial charge in [-0.3, -0.25) is 19.5 Å². The van der Waals surface area contributed by atoms with Gasteiger partial charge in [-0.05, 0) is 31.2 Å². The number of anilines is 1. The number of carbonyl (C=O) groups is 2. The predicted molar refractivity (Wildman–Crippen MR) is 128 cm³/mol. The van der Waals surface area contributed by atoms with Gasteiger partial charge >= 0.3 is 0 Å². The van der Waals surface area contributed by atoms with Crippen molar-refractivity contribution in [2.45, 2.75) is 18.6 Å². The lowest BCUT2D eigenvalue weighted by Gasteiger charge is -2.15. The lowest BCUT2D eigenvalue weighted by molar-refractivity contribution is -0.113. The van der Waals surface area contributed by atoms with Gasteiger partial charge < -0.3 is 19.2 Å². The summed E-state index contributed by atoms with van der Waals surface area (Å²) >= 11 is 2.45. The van der Waals surface area contributed by atoms with Crippen molar-refractivity contribution in [2.24, 2.45) is 0 Å². The zero-order valence-corrected chi connectivity index (χ0v) is 20.6. The predicted octanol–water partition coefficient (Wildman–Crippen LogP) is 2.70. The second-order valence-electron chi connectivity index (χ2n) is 6.90. The molecule has 0 saturated heterocycles. The maximum absolute atomic E-state index is 12.5. The molecule has 182 valence electrons. The smallest absolute Gasteiger partial charge is 0.287 e. The van der Waals surface area contributed by atoms with Gasteiger partial charge in [0.05, 0.1) is 38.5 Å². The number of furan rings is 1. The third-order valence-electron chi connectivity index (χ3n) is 4.58. The minimum atomic E-state index is -0.400. The van der Waals surface area contributed by atoms with E-state index in [-0.39, 0.29) is 24.0 Å². The average Bonchev–Trinajstić information content (AvgIpc) is 3.62. The highest BCUT2D eigenvalue weighted by Gasteiger charge is 2.21. The van der Waals surface area contributed by atoms with Gasteiger partial charge in [-0.2, -0.15) is 0 Å². The summed E-state index contributed by atoms with van der Waals surface area (Å²) in [6, 6.07) is 8.45. The van der Waals surface area contributed by atoms with E-state index in [0.717, 1.165) is 5.01 Å². The van der Waals surface area contributed by atoms with Crippen molar-refractivity contribution in [3.05, 3.63) is 53.2 Å². The Balaban J connectivity index is 1.59. The normalized spacial score (nSPS) is 10.7. The fourth-order valence-corrected chi connectivity index (χ4v) is 4.38. The maximum Gasteiger partial charge on any atom is 0.287 e. The Morgan fingerprint density at radius 1 is 1.14 bits per heavy atom. The Kier molecular flexibility index (Phi) is 7.62. The van der Waals surface area contributed by atoms with E-state index in [1.54, 1.807) is 56.0 Å². The lowest BCUT2D eigenvalue weighted by atomic mass is 10.2. The quantitative estimate of drug-likeness (QED) is 0.302. The Morgan fingerprint density at radius 3 is 2.69 bits per heavy atom. The molecule has 0 saturated carbocycles. The van der Waals surface area contributed by atoms with Crippen molar-refractivity contribution in [2.75, 3.05) is 25.3 Å². The summed E-state index contributed by atoms with van der Waals surface area (Å²) in [7, 11) is 3.09. The molecule has 2 amide bonds. The number of aryl methyl sites for hydroxylation is 1. The molecule has 0 aliphatic rings. The summed E-state index contributed by atoms with van der Waals surface area (Å²) in [6.45, 7) is 1.85. The molecule has 0 bridgehead atoms. The Labute approximate surface area is 208 Å². The van der Waals surface area contributed by atoms with Crippen LogP contribution in [-0.2, 0) is 11.3 Å². The standard InChI is InChI=1S/C21H21N7O5S2/c1-12-24-26-20(35-12)23-18(29)11-34-21-27-25-17(10-22-19(30)16-5-4-8-33-16)28(21)14-9-13(31-2)6-7-15(14)32-3/h4-9H,10-11H2,1-3H3,(H,22,30)(H,23,26,29). The molecule has 3 aromatic heterocycles. The first-order valence-electron chi connectivity index (χ1n) is 10.2. The van der Waals surface area contributed by atoms with Gasteiger partial charge in [0.1, 0.15) is 16.5 Å². The van der Waals surface area contributed by atoms with Crippen LogP contribution in [0.3, 0.4) is 0 Å². The molecule has 0 fully saturated rings. The molecule has 14 heteroatoms. The van der Waals surface area contributed by atoms with E-state index in [1.807, 2.05) is 0 Å². The first-order chi connectivity index (χ1) is 17.0. The van der Waals surface area contributed by atoms with Gasteiger partial charge in [-0.1, -0.05) is 23.1 Å². The van der Waals surface area contributed by atoms with Crippen LogP contribution in [-0.4, -0.2) is 56.7 Å². The number of hydrogen-bond donors (Lipinski definition) is 2. The summed E-state index contributed by atoms with van der Waals surface area (Å²) in [5.41, 5.74) is 0.585. The van der Waals surface area contributed by atoms with Crippen LogP contribution in [0.1, 0.15) is 21.4 Å². The number of benzene rings is 1. The molecule has 12 nitrogen and oxygen atoms in total. The summed E-state index contributed by atoms with van der Waals surface area (Å²) < 4.78 is 17.7. The lowest BCUT2D eigenvalue weighted by Crippen LogP contribution is -2.24. The number of rotatable bonds is 10. The molecule has 35 heavy (non-hydrogen) atoms. The van der Waals surface area contributed by atoms with Crippen LogP contribution >= 0.6 is 23.1 Å². The van der Waals surface area contributed by atoms with E-state index in [1.165, 1.54) is 29.4 Å². The highest BCUT2D eigenvalue weighted by molar-refractivity contribution is 7.99. The van der Waals surface area contributed by atoms with E-state index in [2.05, 4.69) is 31.0 Å². The van der Waals surface area contributed by atoms with Gasteiger partial charge in [-0.25, -0.2) is 0 Å². The van der Waals surface area contributed by atoms with Gasteiger partial charge in [0.25, 0.3) is 5.91 Å². The largest absolute Gasteiger partial charge is 0.497 e. The van der Waals surface area contributed by atoms with Crippen LogP contribution in [0.25, 0.3) is 5.69 Å². The summed E-state index contributed by atoms with van der Waals surface area (Å²) in [6.07, 6.45) is 1.42. The van der Waals surface area contributed by atoms with Crippen LogP contribution in [0, 0.1) is 6.92 Å². The number of nitrogens with zero attached hydrogens (tertiary/aromatic N) is 5. The third kappa shape index (κ3) is 5.78. The minimum Gasteiger partial charge on any atom is -0.497 e. The van der Waals surface area contributed by atoms with Gasteiger partial charge in [0.15, 0.2) is 16.7 Å². The summed E-state index contributed by atoms with van der Waals surface area (Å²) in [4.78, 5) is 24.8. The number of methoxy groups -OCH3 is 2. The molecule has 0 aliphatic carbocycles. The summed E-state index contributed by atoms with van der Waals surface area (Å²) in [5, 5.41) is 23.3. The zero-order chi connectivity index (χ0) is 24.8. The first kappa shape index (κ1) is 24.2. The highest BCUT2D eigenvalue weighted by Crippen LogP contribution is 2.32. The fourth-order valence-electron chi connectivity index (χ4n) is 3.01. The van der Waals surface area contributed by atoms with E-state index >= 15 is 0 Å². The number of nitrogens with one attached hydrogen (secondary N) is 2. The first-order valence-corrected chi connectivity index (χ1v) is 12.0. The van der Waals surface area contributed by atoms with Crippen molar-refractivity contribution in [1.29, 1.82) is 0 Å². The second-order valence-corrected chi connectivity index (χ2v) is 9.02. The van der Waals surface area contributed by atoms with Crippen molar-refractivity contribution < 1.29 is 23.5 Å². The summed E-state index contributed by atoms with van der Waals surface area (Å²) in [5.74, 6) is 1.07. The molecular formula is C21H21N7O5S2. The Hall–Kier alpha value is -3.91. The van der Waals surface area contributed by atoms with Crippen molar-refractivity contribution in [3.8, 4) is 17.2 Å². The van der Waals surface area contributed by atoms with Crippen molar-refractivity contribution >= 4 is 40.0 Å². The molecule has 2 N–H and O–H groups in total. The van der Waals surface area contributed by atoms with Crippen molar-refractivity contribution in [1.82, 2.24) is 30.3 Å². The molecule has 0 atom stereocenters. The van der Waals surface area contributed by atoms with E-state index in [0.29, 0.717) is 33.3 Å². The molecule has 1 aromatic carbocycles. The molecule has 3 heterocycles. The number of amides is 2. The van der Waals surface area contributed by atoms with E-state index in [4.69, 9.17) is 13.9 Å².